The number of hydrogen-bond acceptors (Lipinski definition) is 5. The van der Waals surface area contributed by atoms with Gasteiger partial charge in [-0.3, -0.25) is 4.79 Å². The summed E-state index contributed by atoms with van der Waals surface area (Å²) in [4.78, 5) is 26.0. The minimum atomic E-state index is -0.647. The predicted octanol–water partition coefficient (Wildman–Crippen LogP) is 1.94. The van der Waals surface area contributed by atoms with E-state index in [2.05, 4.69) is 12.2 Å². The number of allylic oxidation sites excluding steroid dienone is 1. The first-order chi connectivity index (χ1) is 10.7. The molecule has 23 heavy (non-hydrogen) atoms. The maximum absolute atomic E-state index is 12.3. The summed E-state index contributed by atoms with van der Waals surface area (Å²) >= 11 is 0. The molecule has 0 saturated carbocycles. The fourth-order valence-corrected chi connectivity index (χ4v) is 3.40. The molecule has 6 nitrogen and oxygen atoms in total. The van der Waals surface area contributed by atoms with Gasteiger partial charge in [0.2, 0.25) is 0 Å². The van der Waals surface area contributed by atoms with E-state index in [9.17, 15) is 9.59 Å². The molecule has 0 spiro atoms. The SMILES string of the molecule is CCOC(=O)C(N)C1CC=CC2CN(C(=O)OC(C)(C)C)CC21. The highest BCUT2D eigenvalue weighted by Crippen LogP contribution is 2.38. The number of carbonyl (C=O) groups excluding carboxylic acids is 2. The van der Waals surface area contributed by atoms with E-state index in [1.807, 2.05) is 20.8 Å². The molecule has 1 aliphatic carbocycles. The zero-order chi connectivity index (χ0) is 17.2. The van der Waals surface area contributed by atoms with Gasteiger partial charge in [-0.05, 0) is 51.9 Å². The average Bonchev–Trinajstić information content (AvgIpc) is 2.89. The Balaban J connectivity index is 2.04. The molecule has 2 aliphatic rings. The number of esters is 1. The van der Waals surface area contributed by atoms with Crippen molar-refractivity contribution in [2.24, 2.45) is 23.5 Å². The smallest absolute Gasteiger partial charge is 0.410 e. The van der Waals surface area contributed by atoms with Crippen molar-refractivity contribution in [3.8, 4) is 0 Å². The Morgan fingerprint density at radius 2 is 2.04 bits per heavy atom. The standard InChI is InChI=1S/C17H28N2O4/c1-5-22-15(20)14(18)12-8-6-7-11-9-19(10-13(11)12)16(21)23-17(2,3)4/h6-7,11-14H,5,8-10,18H2,1-4H3. The first-order valence-electron chi connectivity index (χ1n) is 8.29. The topological polar surface area (TPSA) is 81.9 Å². The average molecular weight is 324 g/mol. The lowest BCUT2D eigenvalue weighted by molar-refractivity contribution is -0.146. The van der Waals surface area contributed by atoms with Crippen molar-refractivity contribution in [3.63, 3.8) is 0 Å². The highest BCUT2D eigenvalue weighted by Gasteiger charge is 2.44. The van der Waals surface area contributed by atoms with E-state index in [4.69, 9.17) is 15.2 Å². The van der Waals surface area contributed by atoms with Crippen LogP contribution in [-0.2, 0) is 14.3 Å². The molecule has 1 aliphatic heterocycles. The number of carbonyl (C=O) groups is 2. The maximum Gasteiger partial charge on any atom is 0.410 e. The van der Waals surface area contributed by atoms with E-state index in [-0.39, 0.29) is 29.8 Å². The number of rotatable bonds is 3. The van der Waals surface area contributed by atoms with Gasteiger partial charge in [-0.15, -0.1) is 0 Å². The zero-order valence-corrected chi connectivity index (χ0v) is 14.5. The summed E-state index contributed by atoms with van der Waals surface area (Å²) in [5.41, 5.74) is 5.60. The van der Waals surface area contributed by atoms with Gasteiger partial charge in [0, 0.05) is 13.1 Å². The van der Waals surface area contributed by atoms with E-state index in [0.29, 0.717) is 19.7 Å². The Labute approximate surface area is 138 Å². The van der Waals surface area contributed by atoms with Crippen molar-refractivity contribution in [1.82, 2.24) is 4.90 Å². The van der Waals surface area contributed by atoms with Gasteiger partial charge in [-0.1, -0.05) is 12.2 Å². The molecule has 0 bridgehead atoms. The molecule has 1 fully saturated rings. The van der Waals surface area contributed by atoms with Gasteiger partial charge in [-0.25, -0.2) is 4.79 Å². The number of nitrogens with zero attached hydrogens (tertiary/aromatic N) is 1. The minimum Gasteiger partial charge on any atom is -0.465 e. The van der Waals surface area contributed by atoms with Crippen molar-refractivity contribution in [3.05, 3.63) is 12.2 Å². The van der Waals surface area contributed by atoms with Gasteiger partial charge < -0.3 is 20.1 Å². The van der Waals surface area contributed by atoms with Gasteiger partial charge in [-0.2, -0.15) is 0 Å². The lowest BCUT2D eigenvalue weighted by Crippen LogP contribution is -2.45. The van der Waals surface area contributed by atoms with E-state index in [1.165, 1.54) is 0 Å². The van der Waals surface area contributed by atoms with Crippen LogP contribution in [0.25, 0.3) is 0 Å². The highest BCUT2D eigenvalue weighted by atomic mass is 16.6. The molecule has 1 saturated heterocycles. The van der Waals surface area contributed by atoms with Gasteiger partial charge >= 0.3 is 12.1 Å². The van der Waals surface area contributed by atoms with Crippen LogP contribution in [-0.4, -0.2) is 48.3 Å². The molecule has 4 unspecified atom stereocenters. The van der Waals surface area contributed by atoms with Crippen molar-refractivity contribution < 1.29 is 19.1 Å². The number of ether oxygens (including phenoxy) is 2. The molecule has 0 aromatic carbocycles. The summed E-state index contributed by atoms with van der Waals surface area (Å²) in [6, 6.07) is -0.647. The summed E-state index contributed by atoms with van der Waals surface area (Å²) in [6.45, 7) is 8.85. The second kappa shape index (κ2) is 6.91. The predicted molar refractivity (Wildman–Crippen MR) is 86.6 cm³/mol. The lowest BCUT2D eigenvalue weighted by Gasteiger charge is -2.32. The largest absolute Gasteiger partial charge is 0.465 e. The molecule has 0 aromatic heterocycles. The molecule has 1 amide bonds. The number of fused-ring (bicyclic) bond motifs is 1. The first kappa shape index (κ1) is 17.8. The quantitative estimate of drug-likeness (QED) is 0.634. The third kappa shape index (κ3) is 4.25. The van der Waals surface area contributed by atoms with Crippen LogP contribution in [0.5, 0.6) is 0 Å². The van der Waals surface area contributed by atoms with Crippen LogP contribution in [0.1, 0.15) is 34.1 Å². The van der Waals surface area contributed by atoms with E-state index < -0.39 is 11.6 Å². The Bertz CT molecular complexity index is 483. The minimum absolute atomic E-state index is 0.00325. The fraction of sp³-hybridized carbons (Fsp3) is 0.765. The molecule has 0 radical (unpaired) electrons. The molecule has 130 valence electrons. The highest BCUT2D eigenvalue weighted by molar-refractivity contribution is 5.76. The van der Waals surface area contributed by atoms with Crippen LogP contribution >= 0.6 is 0 Å². The Hall–Kier alpha value is -1.56. The zero-order valence-electron chi connectivity index (χ0n) is 14.5. The van der Waals surface area contributed by atoms with Gasteiger partial charge in [0.1, 0.15) is 11.6 Å². The number of likely N-dealkylation sites (tertiary alicyclic amines) is 1. The maximum atomic E-state index is 12.3. The van der Waals surface area contributed by atoms with Gasteiger partial charge in [0.15, 0.2) is 0 Å². The van der Waals surface area contributed by atoms with Crippen LogP contribution in [0.2, 0.25) is 0 Å². The number of amides is 1. The third-order valence-electron chi connectivity index (χ3n) is 4.43. The van der Waals surface area contributed by atoms with Crippen molar-refractivity contribution in [2.75, 3.05) is 19.7 Å². The van der Waals surface area contributed by atoms with Crippen LogP contribution in [0, 0.1) is 17.8 Å². The molecule has 2 rings (SSSR count). The van der Waals surface area contributed by atoms with E-state index in [1.54, 1.807) is 11.8 Å². The van der Waals surface area contributed by atoms with Gasteiger partial charge in [0.05, 0.1) is 6.61 Å². The summed E-state index contributed by atoms with van der Waals surface area (Å²) in [7, 11) is 0. The summed E-state index contributed by atoms with van der Waals surface area (Å²) in [5, 5.41) is 0. The fourth-order valence-electron chi connectivity index (χ4n) is 3.40. The second-order valence-electron chi connectivity index (χ2n) is 7.32. The molecular weight excluding hydrogens is 296 g/mol. The van der Waals surface area contributed by atoms with Crippen molar-refractivity contribution >= 4 is 12.1 Å². The van der Waals surface area contributed by atoms with Crippen LogP contribution in [0.3, 0.4) is 0 Å². The molecule has 2 N–H and O–H groups in total. The number of nitrogens with two attached hydrogens (primary N) is 1. The summed E-state index contributed by atoms with van der Waals surface area (Å²) in [5.74, 6) is 0.0347. The molecule has 0 aromatic rings. The van der Waals surface area contributed by atoms with E-state index in [0.717, 1.165) is 6.42 Å². The molecule has 4 atom stereocenters. The Kier molecular flexibility index (Phi) is 5.34. The normalized spacial score (nSPS) is 28.2. The van der Waals surface area contributed by atoms with Crippen LogP contribution < -0.4 is 5.73 Å². The molecular formula is C17H28N2O4. The van der Waals surface area contributed by atoms with Crippen molar-refractivity contribution in [1.29, 1.82) is 0 Å². The third-order valence-corrected chi connectivity index (χ3v) is 4.43. The molecule has 1 heterocycles. The summed E-state index contributed by atoms with van der Waals surface area (Å²) in [6.07, 6.45) is 4.62. The Morgan fingerprint density at radius 3 is 2.65 bits per heavy atom. The first-order valence-corrected chi connectivity index (χ1v) is 8.29. The van der Waals surface area contributed by atoms with Gasteiger partial charge in [0.25, 0.3) is 0 Å². The van der Waals surface area contributed by atoms with Crippen LogP contribution in [0.15, 0.2) is 12.2 Å². The second-order valence-corrected chi connectivity index (χ2v) is 7.32. The molecule has 6 heteroatoms. The Morgan fingerprint density at radius 1 is 1.35 bits per heavy atom. The van der Waals surface area contributed by atoms with Crippen LogP contribution in [0.4, 0.5) is 4.79 Å². The summed E-state index contributed by atoms with van der Waals surface area (Å²) < 4.78 is 10.5. The van der Waals surface area contributed by atoms with E-state index >= 15 is 0 Å². The van der Waals surface area contributed by atoms with Crippen molar-refractivity contribution in [2.45, 2.75) is 45.8 Å². The number of hydrogen-bond donors (Lipinski definition) is 1. The monoisotopic (exact) mass is 324 g/mol. The lowest BCUT2D eigenvalue weighted by atomic mass is 9.74.